The molecule has 0 unspecified atom stereocenters. The maximum absolute atomic E-state index is 13.3. The van der Waals surface area contributed by atoms with Gasteiger partial charge in [-0.2, -0.15) is 0 Å². The number of nitrogens with zero attached hydrogens (tertiary/aromatic N) is 2. The molecule has 0 atom stereocenters. The van der Waals surface area contributed by atoms with Gasteiger partial charge in [0, 0.05) is 10.8 Å². The highest BCUT2D eigenvalue weighted by atomic mass is 16.5. The smallest absolute Gasteiger partial charge is 0.340 e. The van der Waals surface area contributed by atoms with E-state index in [1.807, 2.05) is 12.1 Å². The van der Waals surface area contributed by atoms with E-state index in [9.17, 15) is 4.79 Å². The molecule has 8 nitrogen and oxygen atoms in total. The van der Waals surface area contributed by atoms with E-state index in [1.165, 1.54) is 264 Å². The fraction of sp³-hybridized carbons (Fsp3) is 0.731. The summed E-state index contributed by atoms with van der Waals surface area (Å²) in [6.07, 6.45) is 62.3. The number of carbonyl (C=O) groups is 1. The van der Waals surface area contributed by atoms with Gasteiger partial charge in [0.05, 0.1) is 55.7 Å². The number of benzene rings is 4. The second kappa shape index (κ2) is 47.6. The van der Waals surface area contributed by atoms with Crippen LogP contribution in [0.15, 0.2) is 42.5 Å². The molecule has 0 aliphatic heterocycles. The Morgan fingerprint density at radius 3 is 0.814 bits per heavy atom. The number of hydrogen-bond donors (Lipinski definition) is 0. The zero-order valence-electron chi connectivity index (χ0n) is 56.2. The van der Waals surface area contributed by atoms with Gasteiger partial charge in [-0.15, -0.1) is 0 Å². The Morgan fingerprint density at radius 1 is 0.302 bits per heavy atom. The van der Waals surface area contributed by atoms with Crippen molar-refractivity contribution in [3.05, 3.63) is 48.0 Å². The van der Waals surface area contributed by atoms with Crippen LogP contribution in [0.25, 0.3) is 43.6 Å². The van der Waals surface area contributed by atoms with Gasteiger partial charge in [0.1, 0.15) is 5.52 Å². The molecule has 0 spiro atoms. The van der Waals surface area contributed by atoms with Crippen LogP contribution in [-0.2, 0) is 4.74 Å². The molecule has 5 rings (SSSR count). The van der Waals surface area contributed by atoms with Gasteiger partial charge in [-0.1, -0.05) is 316 Å². The summed E-state index contributed by atoms with van der Waals surface area (Å²) >= 11 is 0. The van der Waals surface area contributed by atoms with Crippen molar-refractivity contribution in [1.82, 2.24) is 9.97 Å². The van der Waals surface area contributed by atoms with Crippen LogP contribution in [0.1, 0.15) is 346 Å². The number of rotatable bonds is 57. The molecule has 8 heteroatoms. The second-order valence-electron chi connectivity index (χ2n) is 25.7. The van der Waals surface area contributed by atoms with Gasteiger partial charge in [0.25, 0.3) is 0 Å². The number of esters is 1. The van der Waals surface area contributed by atoms with Crippen molar-refractivity contribution in [2.75, 3.05) is 33.5 Å². The minimum atomic E-state index is -0.433. The van der Waals surface area contributed by atoms with E-state index >= 15 is 0 Å². The minimum absolute atomic E-state index is 0.395. The first-order chi connectivity index (χ1) is 42.5. The van der Waals surface area contributed by atoms with Crippen LogP contribution in [0.4, 0.5) is 0 Å². The van der Waals surface area contributed by atoms with E-state index in [1.54, 1.807) is 6.07 Å². The molecule has 0 aliphatic carbocycles. The Bertz CT molecular complexity index is 2520. The molecule has 1 aromatic heterocycles. The van der Waals surface area contributed by atoms with E-state index in [-0.39, 0.29) is 0 Å². The largest absolute Gasteiger partial charge is 0.490 e. The first-order valence-electron chi connectivity index (χ1n) is 36.8. The zero-order chi connectivity index (χ0) is 60.8. The number of ether oxygens (including phenoxy) is 5. The molecular formula is C78H126N2O6. The highest BCUT2D eigenvalue weighted by molar-refractivity contribution is 6.25. The summed E-state index contributed by atoms with van der Waals surface area (Å²) in [7, 11) is 1.42. The molecule has 86 heavy (non-hydrogen) atoms. The number of carbonyl (C=O) groups excluding carboxylic acids is 1. The van der Waals surface area contributed by atoms with Crippen molar-refractivity contribution in [2.24, 2.45) is 0 Å². The van der Waals surface area contributed by atoms with E-state index in [0.29, 0.717) is 48.5 Å². The summed E-state index contributed by atoms with van der Waals surface area (Å²) < 4.78 is 32.7. The highest BCUT2D eigenvalue weighted by Crippen LogP contribution is 2.45. The lowest BCUT2D eigenvalue weighted by Crippen LogP contribution is -2.05. The first kappa shape index (κ1) is 72.4. The third kappa shape index (κ3) is 28.4. The Morgan fingerprint density at radius 2 is 0.547 bits per heavy atom. The van der Waals surface area contributed by atoms with Crippen molar-refractivity contribution in [1.29, 1.82) is 0 Å². The van der Waals surface area contributed by atoms with Crippen LogP contribution in [0, 0.1) is 0 Å². The van der Waals surface area contributed by atoms with Crippen LogP contribution in [0.2, 0.25) is 0 Å². The molecule has 0 N–H and O–H groups in total. The second-order valence-corrected chi connectivity index (χ2v) is 25.7. The van der Waals surface area contributed by atoms with Crippen LogP contribution in [0.3, 0.4) is 0 Å². The van der Waals surface area contributed by atoms with Crippen molar-refractivity contribution in [3.8, 4) is 23.0 Å². The van der Waals surface area contributed by atoms with E-state index < -0.39 is 5.97 Å². The molecule has 0 bridgehead atoms. The maximum atomic E-state index is 13.3. The van der Waals surface area contributed by atoms with Gasteiger partial charge in [0.2, 0.25) is 0 Å². The Kier molecular flexibility index (Phi) is 40.1. The molecule has 0 amide bonds. The summed E-state index contributed by atoms with van der Waals surface area (Å²) in [5.41, 5.74) is 3.01. The van der Waals surface area contributed by atoms with E-state index in [4.69, 9.17) is 33.7 Å². The average Bonchev–Trinajstić information content (AvgIpc) is 0.749. The molecule has 0 fully saturated rings. The first-order valence-corrected chi connectivity index (χ1v) is 36.8. The van der Waals surface area contributed by atoms with Gasteiger partial charge in [0.15, 0.2) is 23.0 Å². The predicted octanol–water partition coefficient (Wildman–Crippen LogP) is 25.2. The Hall–Kier alpha value is -4.33. The lowest BCUT2D eigenvalue weighted by Gasteiger charge is -2.19. The molecule has 484 valence electrons. The number of aromatic nitrogens is 2. The minimum Gasteiger partial charge on any atom is -0.490 e. The normalized spacial score (nSPS) is 11.7. The number of hydrogen-bond acceptors (Lipinski definition) is 8. The molecule has 0 saturated carbocycles. The van der Waals surface area contributed by atoms with Gasteiger partial charge in [-0.05, 0) is 72.9 Å². The number of unbranched alkanes of at least 4 members (excludes halogenated alkanes) is 44. The van der Waals surface area contributed by atoms with Gasteiger partial charge < -0.3 is 23.7 Å². The van der Waals surface area contributed by atoms with Gasteiger partial charge >= 0.3 is 5.97 Å². The summed E-state index contributed by atoms with van der Waals surface area (Å²) in [6.45, 7) is 11.7. The fourth-order valence-electron chi connectivity index (χ4n) is 12.6. The summed E-state index contributed by atoms with van der Waals surface area (Å²) in [6, 6.07) is 14.3. The topological polar surface area (TPSA) is 89.0 Å². The van der Waals surface area contributed by atoms with Crippen LogP contribution in [-0.4, -0.2) is 49.5 Å². The Labute approximate surface area is 525 Å². The standard InChI is InChI=1S/C78H126N2O6/c1-6-10-14-18-22-26-30-34-38-42-46-50-57-83-71-61-66-67-62-72(84-58-51-47-43-39-35-31-27-23-19-15-11-7-2)74(86-60-53-49-45-41-37-33-29-25-21-17-13-9-4)64-69(67)77-76(79-70-56-54-55-65(75(70)80-77)78(81)82-5)68(66)63-73(71)85-59-52-48-44-40-36-32-28-24-20-16-12-8-3/h54-56,61-64H,6-53,57-60H2,1-5H3. The number of fused-ring (bicyclic) bond motifs is 7. The summed E-state index contributed by atoms with van der Waals surface area (Å²) in [5, 5.41) is 3.84. The number of methoxy groups -OCH3 is 1. The third-order valence-corrected chi connectivity index (χ3v) is 18.1. The van der Waals surface area contributed by atoms with E-state index in [0.717, 1.165) is 101 Å². The van der Waals surface area contributed by atoms with Crippen molar-refractivity contribution >= 4 is 49.6 Å². The van der Waals surface area contributed by atoms with Crippen molar-refractivity contribution in [3.63, 3.8) is 0 Å². The molecule has 5 aromatic rings. The highest BCUT2D eigenvalue weighted by Gasteiger charge is 2.22. The molecule has 0 radical (unpaired) electrons. The fourth-order valence-corrected chi connectivity index (χ4v) is 12.6. The predicted molar refractivity (Wildman–Crippen MR) is 370 cm³/mol. The maximum Gasteiger partial charge on any atom is 0.340 e. The molecule has 0 aliphatic rings. The van der Waals surface area contributed by atoms with Gasteiger partial charge in [-0.3, -0.25) is 0 Å². The third-order valence-electron chi connectivity index (χ3n) is 18.1. The van der Waals surface area contributed by atoms with E-state index in [2.05, 4.69) is 52.0 Å². The van der Waals surface area contributed by atoms with Crippen LogP contribution < -0.4 is 18.9 Å². The Balaban J connectivity index is 1.41. The zero-order valence-corrected chi connectivity index (χ0v) is 56.2. The lowest BCUT2D eigenvalue weighted by atomic mass is 9.97. The van der Waals surface area contributed by atoms with Crippen LogP contribution >= 0.6 is 0 Å². The average molecular weight is 1190 g/mol. The monoisotopic (exact) mass is 1190 g/mol. The molecule has 0 saturated heterocycles. The van der Waals surface area contributed by atoms with Gasteiger partial charge in [-0.25, -0.2) is 14.8 Å². The lowest BCUT2D eigenvalue weighted by molar-refractivity contribution is 0.0602. The quantitative estimate of drug-likeness (QED) is 0.0165. The summed E-state index contributed by atoms with van der Waals surface area (Å²) in [4.78, 5) is 24.1. The van der Waals surface area contributed by atoms with Crippen molar-refractivity contribution in [2.45, 2.75) is 336 Å². The SMILES string of the molecule is CCCCCCCCCCCCCCOc1cc2c3cc(OCCCCCCCCCCCCCC)c(OCCCCCCCCCCCCCC)cc3c3nc4c(C(=O)OC)cccc4nc3c2cc1OCCCCCCCCCCCCCC. The van der Waals surface area contributed by atoms with Crippen LogP contribution in [0.5, 0.6) is 23.0 Å². The molecule has 4 aromatic carbocycles. The number of para-hydroxylation sites is 1. The summed E-state index contributed by atoms with van der Waals surface area (Å²) in [5.74, 6) is 2.58. The molecule has 1 heterocycles. The van der Waals surface area contributed by atoms with Crippen molar-refractivity contribution < 1.29 is 28.5 Å². The molecular weight excluding hydrogens is 1060 g/mol.